The zero-order valence-corrected chi connectivity index (χ0v) is 30.2. The van der Waals surface area contributed by atoms with Gasteiger partial charge in [-0.2, -0.15) is 0 Å². The van der Waals surface area contributed by atoms with Crippen LogP contribution < -0.4 is 0 Å². The van der Waals surface area contributed by atoms with Crippen LogP contribution in [0.4, 0.5) is 0 Å². The Kier molecular flexibility index (Phi) is 9.17. The summed E-state index contributed by atoms with van der Waals surface area (Å²) < 4.78 is 0. The van der Waals surface area contributed by atoms with E-state index in [9.17, 15) is 0 Å². The fourth-order valence-electron chi connectivity index (χ4n) is 7.77. The van der Waals surface area contributed by atoms with E-state index >= 15 is 0 Å². The standard InChI is InChI=1S/C52H37N3/c1-4-16-38(17-5-1)40-21-14-23-43(34-40)50-37-48(54-51(55-50)44-24-15-22-41(35-44)39-18-6-2-7-19-39)28-12-11-27-47-36-42-20-10-13-29-49(42)52(47,45-25-8-3-9-26-45)46-30-32-53-33-31-46/h1-37H/b27-11-,28-12+. The van der Waals surface area contributed by atoms with E-state index in [1.54, 1.807) is 0 Å². The van der Waals surface area contributed by atoms with Crippen LogP contribution in [0, 0.1) is 0 Å². The van der Waals surface area contributed by atoms with Crippen LogP contribution in [0.3, 0.4) is 0 Å². The molecule has 0 spiro atoms. The number of allylic oxidation sites excluding steroid dienone is 4. The van der Waals surface area contributed by atoms with Gasteiger partial charge in [0, 0.05) is 23.5 Å². The number of rotatable bonds is 9. The second-order valence-corrected chi connectivity index (χ2v) is 13.7. The monoisotopic (exact) mass is 703 g/mol. The lowest BCUT2D eigenvalue weighted by atomic mass is 9.67. The molecule has 0 saturated heterocycles. The number of nitrogens with zero attached hydrogens (tertiary/aromatic N) is 3. The van der Waals surface area contributed by atoms with Gasteiger partial charge in [-0.3, -0.25) is 4.98 Å². The summed E-state index contributed by atoms with van der Waals surface area (Å²) in [6, 6.07) is 63.8. The van der Waals surface area contributed by atoms with Gasteiger partial charge in [0.1, 0.15) is 0 Å². The van der Waals surface area contributed by atoms with Crippen molar-refractivity contribution in [3.8, 4) is 44.9 Å². The normalized spacial score (nSPS) is 14.9. The van der Waals surface area contributed by atoms with E-state index in [1.807, 2.05) is 24.5 Å². The first-order valence-corrected chi connectivity index (χ1v) is 18.6. The SMILES string of the molecule is C1=C(/C=C\C=C\c2cc(-c3cccc(-c4ccccc4)c3)nc(-c3cccc(-c4ccccc4)c3)n2)C(c2ccccc2)(c2ccncc2)c2ccccc21. The lowest BCUT2D eigenvalue weighted by molar-refractivity contribution is 0.760. The van der Waals surface area contributed by atoms with Crippen molar-refractivity contribution >= 4 is 12.2 Å². The molecule has 0 radical (unpaired) electrons. The number of fused-ring (bicyclic) bond motifs is 1. The summed E-state index contributed by atoms with van der Waals surface area (Å²) in [4.78, 5) is 14.7. The largest absolute Gasteiger partial charge is 0.265 e. The molecule has 2 heterocycles. The number of pyridine rings is 1. The van der Waals surface area contributed by atoms with Gasteiger partial charge in [-0.05, 0) is 92.6 Å². The van der Waals surface area contributed by atoms with E-state index < -0.39 is 5.41 Å². The first-order valence-electron chi connectivity index (χ1n) is 18.6. The maximum Gasteiger partial charge on any atom is 0.160 e. The lowest BCUT2D eigenvalue weighted by Crippen LogP contribution is -2.29. The maximum atomic E-state index is 5.17. The van der Waals surface area contributed by atoms with E-state index in [4.69, 9.17) is 9.97 Å². The van der Waals surface area contributed by atoms with Gasteiger partial charge in [-0.25, -0.2) is 9.97 Å². The minimum Gasteiger partial charge on any atom is -0.265 e. The highest BCUT2D eigenvalue weighted by atomic mass is 14.9. The molecule has 1 aliphatic rings. The van der Waals surface area contributed by atoms with E-state index in [0.717, 1.165) is 39.2 Å². The smallest absolute Gasteiger partial charge is 0.160 e. The molecule has 260 valence electrons. The minimum absolute atomic E-state index is 0.478. The van der Waals surface area contributed by atoms with Gasteiger partial charge in [0.2, 0.25) is 0 Å². The predicted octanol–water partition coefficient (Wildman–Crippen LogP) is 12.5. The molecule has 3 nitrogen and oxygen atoms in total. The molecule has 0 amide bonds. The molecule has 3 heteroatoms. The molecule has 55 heavy (non-hydrogen) atoms. The Morgan fingerprint density at radius 3 is 1.67 bits per heavy atom. The van der Waals surface area contributed by atoms with Crippen molar-refractivity contribution < 1.29 is 0 Å². The third-order valence-corrected chi connectivity index (χ3v) is 10.3. The van der Waals surface area contributed by atoms with Gasteiger partial charge in [-0.1, -0.05) is 170 Å². The van der Waals surface area contributed by atoms with Crippen LogP contribution in [0.2, 0.25) is 0 Å². The van der Waals surface area contributed by atoms with E-state index in [-0.39, 0.29) is 0 Å². The second kappa shape index (κ2) is 15.0. The molecule has 9 rings (SSSR count). The molecule has 8 aromatic rings. The van der Waals surface area contributed by atoms with Crippen LogP contribution >= 0.6 is 0 Å². The van der Waals surface area contributed by atoms with Gasteiger partial charge in [-0.15, -0.1) is 0 Å². The maximum absolute atomic E-state index is 5.17. The van der Waals surface area contributed by atoms with E-state index in [0.29, 0.717) is 5.82 Å². The van der Waals surface area contributed by atoms with Crippen molar-refractivity contribution in [2.45, 2.75) is 5.41 Å². The Bertz CT molecular complexity index is 2540. The highest BCUT2D eigenvalue weighted by Gasteiger charge is 2.43. The zero-order valence-electron chi connectivity index (χ0n) is 30.2. The first kappa shape index (κ1) is 33.6. The van der Waals surface area contributed by atoms with E-state index in [1.165, 1.54) is 33.4 Å². The summed E-state index contributed by atoms with van der Waals surface area (Å²) in [5.41, 5.74) is 13.9. The Labute approximate surface area is 322 Å². The third kappa shape index (κ3) is 6.65. The van der Waals surface area contributed by atoms with Crippen molar-refractivity contribution in [2.75, 3.05) is 0 Å². The molecule has 1 aliphatic carbocycles. The fraction of sp³-hybridized carbons (Fsp3) is 0.0192. The summed E-state index contributed by atoms with van der Waals surface area (Å²) in [5, 5.41) is 0. The molecule has 0 fully saturated rings. The number of hydrogen-bond acceptors (Lipinski definition) is 3. The second-order valence-electron chi connectivity index (χ2n) is 13.7. The third-order valence-electron chi connectivity index (χ3n) is 10.3. The predicted molar refractivity (Wildman–Crippen MR) is 227 cm³/mol. The minimum atomic E-state index is -0.478. The molecule has 1 atom stereocenters. The fourth-order valence-corrected chi connectivity index (χ4v) is 7.77. The Balaban J connectivity index is 1.12. The number of aromatic nitrogens is 3. The Hall–Kier alpha value is -7.23. The molecular weight excluding hydrogens is 667 g/mol. The zero-order chi connectivity index (χ0) is 36.9. The van der Waals surface area contributed by atoms with Gasteiger partial charge >= 0.3 is 0 Å². The number of benzene rings is 6. The molecule has 0 saturated carbocycles. The lowest BCUT2D eigenvalue weighted by Gasteiger charge is -2.34. The van der Waals surface area contributed by atoms with Crippen molar-refractivity contribution in [3.63, 3.8) is 0 Å². The average molecular weight is 704 g/mol. The summed E-state index contributed by atoms with van der Waals surface area (Å²) in [7, 11) is 0. The summed E-state index contributed by atoms with van der Waals surface area (Å²) in [6.45, 7) is 0. The van der Waals surface area contributed by atoms with Crippen molar-refractivity contribution in [3.05, 3.63) is 246 Å². The first-order chi connectivity index (χ1) is 27.3. The van der Waals surface area contributed by atoms with Crippen LogP contribution in [0.1, 0.15) is 27.9 Å². The van der Waals surface area contributed by atoms with Crippen molar-refractivity contribution in [1.82, 2.24) is 15.0 Å². The Morgan fingerprint density at radius 1 is 0.418 bits per heavy atom. The van der Waals surface area contributed by atoms with Crippen LogP contribution in [0.5, 0.6) is 0 Å². The topological polar surface area (TPSA) is 38.7 Å². The molecule has 2 aromatic heterocycles. The molecule has 6 aromatic carbocycles. The van der Waals surface area contributed by atoms with Crippen LogP contribution in [0.25, 0.3) is 57.1 Å². The Morgan fingerprint density at radius 2 is 0.964 bits per heavy atom. The summed E-state index contributed by atoms with van der Waals surface area (Å²) >= 11 is 0. The van der Waals surface area contributed by atoms with Gasteiger partial charge < -0.3 is 0 Å². The van der Waals surface area contributed by atoms with Crippen LogP contribution in [-0.4, -0.2) is 15.0 Å². The van der Waals surface area contributed by atoms with E-state index in [2.05, 4.69) is 205 Å². The van der Waals surface area contributed by atoms with Crippen LogP contribution in [-0.2, 0) is 5.41 Å². The molecule has 0 N–H and O–H groups in total. The summed E-state index contributed by atoms with van der Waals surface area (Å²) in [6.07, 6.45) is 14.6. The van der Waals surface area contributed by atoms with Crippen molar-refractivity contribution in [1.29, 1.82) is 0 Å². The highest BCUT2D eigenvalue weighted by Crippen LogP contribution is 2.51. The molecular formula is C52H37N3. The van der Waals surface area contributed by atoms with Gasteiger partial charge in [0.05, 0.1) is 16.8 Å². The quantitative estimate of drug-likeness (QED) is 0.141. The average Bonchev–Trinajstić information content (AvgIpc) is 3.61. The molecule has 0 aliphatic heterocycles. The number of hydrogen-bond donors (Lipinski definition) is 0. The molecule has 0 bridgehead atoms. The van der Waals surface area contributed by atoms with Gasteiger partial charge in [0.15, 0.2) is 5.82 Å². The highest BCUT2D eigenvalue weighted by molar-refractivity contribution is 5.80. The van der Waals surface area contributed by atoms with Crippen molar-refractivity contribution in [2.24, 2.45) is 0 Å². The summed E-state index contributed by atoms with van der Waals surface area (Å²) in [5.74, 6) is 0.679. The van der Waals surface area contributed by atoms with Crippen LogP contribution in [0.15, 0.2) is 218 Å². The van der Waals surface area contributed by atoms with Gasteiger partial charge in [0.25, 0.3) is 0 Å². The molecule has 1 unspecified atom stereocenters.